The fraction of sp³-hybridized carbons (Fsp3) is 0.500. The number of rotatable bonds is 3. The molecule has 2 aliphatic heterocycles. The Bertz CT molecular complexity index is 663. The maximum absolute atomic E-state index is 12.2. The number of carbonyl (C=O) groups excluding carboxylic acids is 2. The summed E-state index contributed by atoms with van der Waals surface area (Å²) in [6, 6.07) is 7.85. The van der Waals surface area contributed by atoms with Crippen molar-refractivity contribution in [1.29, 1.82) is 0 Å². The molecule has 0 amide bonds. The number of hydrogen-bond acceptors (Lipinski definition) is 5. The maximum Gasteiger partial charge on any atom is 0.348 e. The van der Waals surface area contributed by atoms with E-state index in [1.807, 2.05) is 24.3 Å². The van der Waals surface area contributed by atoms with Crippen molar-refractivity contribution in [1.82, 2.24) is 4.90 Å². The molecule has 5 nitrogen and oxygen atoms in total. The number of benzene rings is 1. The van der Waals surface area contributed by atoms with Gasteiger partial charge in [-0.3, -0.25) is 4.90 Å². The first-order valence-corrected chi connectivity index (χ1v) is 8.93. The number of hydrogen-bond donors (Lipinski definition) is 0. The van der Waals surface area contributed by atoms with Crippen LogP contribution in [0.2, 0.25) is 0 Å². The van der Waals surface area contributed by atoms with Crippen LogP contribution in [0.15, 0.2) is 29.8 Å². The summed E-state index contributed by atoms with van der Waals surface area (Å²) in [7, 11) is 0. The smallest absolute Gasteiger partial charge is 0.348 e. The van der Waals surface area contributed by atoms with E-state index < -0.39 is 17.7 Å². The molecule has 0 unspecified atom stereocenters. The molecule has 2 aliphatic rings. The monoisotopic (exact) mass is 343 g/mol. The Balaban J connectivity index is 1.83. The maximum atomic E-state index is 12.2. The normalized spacial score (nSPS) is 21.3. The lowest BCUT2D eigenvalue weighted by Gasteiger charge is -2.30. The van der Waals surface area contributed by atoms with Crippen molar-refractivity contribution in [3.8, 4) is 0 Å². The second-order valence-corrected chi connectivity index (χ2v) is 7.13. The van der Waals surface area contributed by atoms with Gasteiger partial charge in [-0.15, -0.1) is 0 Å². The molecule has 0 aromatic heterocycles. The molecule has 0 atom stereocenters. The first-order chi connectivity index (χ1) is 11.9. The molecule has 5 heteroatoms. The van der Waals surface area contributed by atoms with Crippen molar-refractivity contribution >= 4 is 18.0 Å². The highest BCUT2D eigenvalue weighted by atomic mass is 16.7. The number of carbonyl (C=O) groups is 2. The van der Waals surface area contributed by atoms with Gasteiger partial charge in [-0.1, -0.05) is 37.1 Å². The van der Waals surface area contributed by atoms with Crippen LogP contribution in [0.4, 0.5) is 0 Å². The Hall–Kier alpha value is -2.14. The van der Waals surface area contributed by atoms with Crippen LogP contribution >= 0.6 is 0 Å². The van der Waals surface area contributed by atoms with E-state index in [0.717, 1.165) is 30.8 Å². The van der Waals surface area contributed by atoms with Gasteiger partial charge < -0.3 is 9.47 Å². The van der Waals surface area contributed by atoms with Gasteiger partial charge in [-0.25, -0.2) is 9.59 Å². The summed E-state index contributed by atoms with van der Waals surface area (Å²) in [6.45, 7) is 6.08. The summed E-state index contributed by atoms with van der Waals surface area (Å²) in [5, 5.41) is 0. The van der Waals surface area contributed by atoms with E-state index in [2.05, 4.69) is 4.90 Å². The average Bonchev–Trinajstić information content (AvgIpc) is 2.80. The van der Waals surface area contributed by atoms with Gasteiger partial charge in [0, 0.05) is 20.4 Å². The standard InChI is InChI=1S/C20H25NO4/c1-20(2)24-18(22)17(19(23)25-20)13-15-9-5-6-10-16(15)14-21-11-7-3-4-8-12-21/h5-6,9-10,13H,3-4,7-8,11-12,14H2,1-2H3. The molecule has 2 fully saturated rings. The predicted octanol–water partition coefficient (Wildman–Crippen LogP) is 3.28. The van der Waals surface area contributed by atoms with Crippen molar-refractivity contribution in [2.75, 3.05) is 13.1 Å². The summed E-state index contributed by atoms with van der Waals surface area (Å²) in [6.07, 6.45) is 6.60. The molecule has 0 spiro atoms. The third-order valence-corrected chi connectivity index (χ3v) is 4.56. The molecule has 0 saturated carbocycles. The highest BCUT2D eigenvalue weighted by Crippen LogP contribution is 2.25. The van der Waals surface area contributed by atoms with E-state index in [1.54, 1.807) is 19.9 Å². The van der Waals surface area contributed by atoms with Crippen LogP contribution in [-0.4, -0.2) is 35.7 Å². The van der Waals surface area contributed by atoms with Crippen LogP contribution in [0, 0.1) is 0 Å². The Labute approximate surface area is 148 Å². The lowest BCUT2D eigenvalue weighted by Crippen LogP contribution is -2.41. The van der Waals surface area contributed by atoms with Gasteiger partial charge in [0.2, 0.25) is 0 Å². The molecule has 0 bridgehead atoms. The van der Waals surface area contributed by atoms with E-state index in [-0.39, 0.29) is 5.57 Å². The average molecular weight is 343 g/mol. The number of ether oxygens (including phenoxy) is 2. The molecule has 0 aliphatic carbocycles. The molecular weight excluding hydrogens is 318 g/mol. The third kappa shape index (κ3) is 4.48. The van der Waals surface area contributed by atoms with E-state index in [4.69, 9.17) is 9.47 Å². The largest absolute Gasteiger partial charge is 0.419 e. The topological polar surface area (TPSA) is 55.8 Å². The minimum Gasteiger partial charge on any atom is -0.419 e. The van der Waals surface area contributed by atoms with Gasteiger partial charge >= 0.3 is 11.9 Å². The quantitative estimate of drug-likeness (QED) is 0.479. The first-order valence-electron chi connectivity index (χ1n) is 8.93. The van der Waals surface area contributed by atoms with Gasteiger partial charge in [-0.05, 0) is 43.1 Å². The van der Waals surface area contributed by atoms with Crippen LogP contribution in [-0.2, 0) is 25.6 Å². The Morgan fingerprint density at radius 3 is 2.24 bits per heavy atom. The molecule has 1 aromatic rings. The first kappa shape index (κ1) is 17.7. The predicted molar refractivity (Wildman–Crippen MR) is 94.4 cm³/mol. The van der Waals surface area contributed by atoms with E-state index >= 15 is 0 Å². The third-order valence-electron chi connectivity index (χ3n) is 4.56. The van der Waals surface area contributed by atoms with Crippen LogP contribution in [0.1, 0.15) is 50.7 Å². The van der Waals surface area contributed by atoms with Crippen LogP contribution in [0.3, 0.4) is 0 Å². The summed E-state index contributed by atoms with van der Waals surface area (Å²) in [5.74, 6) is -2.48. The Kier molecular flexibility index (Phi) is 5.23. The SMILES string of the molecule is CC1(C)OC(=O)C(=Cc2ccccc2CN2CCCCCC2)C(=O)O1. The number of cyclic esters (lactones) is 2. The summed E-state index contributed by atoms with van der Waals surface area (Å²) >= 11 is 0. The summed E-state index contributed by atoms with van der Waals surface area (Å²) < 4.78 is 10.3. The van der Waals surface area contributed by atoms with Crippen LogP contribution in [0.5, 0.6) is 0 Å². The minimum atomic E-state index is -1.21. The van der Waals surface area contributed by atoms with E-state index in [1.165, 1.54) is 25.7 Å². The molecule has 1 aromatic carbocycles. The number of esters is 2. The highest BCUT2D eigenvalue weighted by molar-refractivity contribution is 6.18. The van der Waals surface area contributed by atoms with Crippen molar-refractivity contribution in [3.63, 3.8) is 0 Å². The molecule has 25 heavy (non-hydrogen) atoms. The van der Waals surface area contributed by atoms with Crippen molar-refractivity contribution in [2.45, 2.75) is 51.9 Å². The molecule has 3 rings (SSSR count). The fourth-order valence-electron chi connectivity index (χ4n) is 3.29. The second-order valence-electron chi connectivity index (χ2n) is 7.13. The van der Waals surface area contributed by atoms with Crippen LogP contribution < -0.4 is 0 Å². The lowest BCUT2D eigenvalue weighted by atomic mass is 10.0. The zero-order chi connectivity index (χ0) is 17.9. The highest BCUT2D eigenvalue weighted by Gasteiger charge is 2.38. The van der Waals surface area contributed by atoms with Gasteiger partial charge in [0.1, 0.15) is 5.57 Å². The molecule has 134 valence electrons. The van der Waals surface area contributed by atoms with Crippen molar-refractivity contribution in [3.05, 3.63) is 41.0 Å². The molecule has 2 heterocycles. The van der Waals surface area contributed by atoms with Gasteiger partial charge in [0.15, 0.2) is 0 Å². The summed E-state index contributed by atoms with van der Waals surface area (Å²) in [4.78, 5) is 26.8. The van der Waals surface area contributed by atoms with Gasteiger partial charge in [0.05, 0.1) is 0 Å². The van der Waals surface area contributed by atoms with Crippen molar-refractivity contribution in [2.24, 2.45) is 0 Å². The van der Waals surface area contributed by atoms with Crippen LogP contribution in [0.25, 0.3) is 6.08 Å². The van der Waals surface area contributed by atoms with E-state index in [9.17, 15) is 9.59 Å². The lowest BCUT2D eigenvalue weighted by molar-refractivity contribution is -0.222. The second kappa shape index (κ2) is 7.40. The van der Waals surface area contributed by atoms with E-state index in [0.29, 0.717) is 0 Å². The minimum absolute atomic E-state index is 0.0531. The molecule has 0 N–H and O–H groups in total. The van der Waals surface area contributed by atoms with Crippen molar-refractivity contribution < 1.29 is 19.1 Å². The molecule has 2 saturated heterocycles. The van der Waals surface area contributed by atoms with Gasteiger partial charge in [0.25, 0.3) is 5.79 Å². The fourth-order valence-corrected chi connectivity index (χ4v) is 3.29. The number of nitrogens with zero attached hydrogens (tertiary/aromatic N) is 1. The Morgan fingerprint density at radius 2 is 1.60 bits per heavy atom. The van der Waals surface area contributed by atoms with Gasteiger partial charge in [-0.2, -0.15) is 0 Å². The Morgan fingerprint density at radius 1 is 1.00 bits per heavy atom. The zero-order valence-electron chi connectivity index (χ0n) is 14.9. The number of likely N-dealkylation sites (tertiary alicyclic amines) is 1. The molecular formula is C20H25NO4. The molecule has 0 radical (unpaired) electrons. The zero-order valence-corrected chi connectivity index (χ0v) is 14.9. The summed E-state index contributed by atoms with van der Waals surface area (Å²) in [5.41, 5.74) is 1.90.